The Morgan fingerprint density at radius 1 is 1.23 bits per heavy atom. The topological polar surface area (TPSA) is 149 Å². The quantitative estimate of drug-likeness (QED) is 0.324. The largest absolute Gasteiger partial charge is 0.497 e. The fourth-order valence-electron chi connectivity index (χ4n) is 1.91. The molecule has 0 aliphatic carbocycles. The number of hydrogen-bond donors (Lipinski definition) is 4. The molecule has 0 aliphatic heterocycles. The summed E-state index contributed by atoms with van der Waals surface area (Å²) < 4.78 is 27.7. The molecule has 0 spiro atoms. The van der Waals surface area contributed by atoms with Crippen LogP contribution in [0.1, 0.15) is 0 Å². The molecule has 138 valence electrons. The number of hydrazine groups is 1. The van der Waals surface area contributed by atoms with E-state index in [9.17, 15) is 18.5 Å². The molecule has 2 rings (SSSR count). The number of nitro benzene ring substituents is 1. The fraction of sp³-hybridized carbons (Fsp3) is 0.0714. The molecular weight excluding hydrogens is 382 g/mol. The first kappa shape index (κ1) is 19.4. The Labute approximate surface area is 154 Å². The maximum absolute atomic E-state index is 11.3. The van der Waals surface area contributed by atoms with E-state index in [2.05, 4.69) is 16.2 Å². The molecule has 0 saturated heterocycles. The van der Waals surface area contributed by atoms with Gasteiger partial charge in [0, 0.05) is 11.8 Å². The highest BCUT2D eigenvalue weighted by Gasteiger charge is 2.19. The number of hydrogen-bond acceptors (Lipinski definition) is 7. The lowest BCUT2D eigenvalue weighted by atomic mass is 10.3. The molecule has 0 atom stereocenters. The minimum Gasteiger partial charge on any atom is -0.497 e. The number of nitrogens with one attached hydrogen (secondary N) is 3. The van der Waals surface area contributed by atoms with Gasteiger partial charge in [0.1, 0.15) is 11.4 Å². The van der Waals surface area contributed by atoms with E-state index < -0.39 is 20.6 Å². The number of rotatable bonds is 6. The summed E-state index contributed by atoms with van der Waals surface area (Å²) in [4.78, 5) is 10.0. The van der Waals surface area contributed by atoms with E-state index in [1.165, 1.54) is 6.07 Å². The minimum atomic E-state index is -4.05. The molecule has 0 heterocycles. The highest BCUT2D eigenvalue weighted by molar-refractivity contribution is 7.89. The van der Waals surface area contributed by atoms with Crippen LogP contribution in [0, 0.1) is 10.1 Å². The number of nitro groups is 1. The van der Waals surface area contributed by atoms with E-state index in [-0.39, 0.29) is 15.7 Å². The molecule has 2 aromatic rings. The SMILES string of the molecule is COc1ccc(NC(=S)NNc2ccc(S(N)(=O)=O)cc2[N+](=O)[O-])cc1. The summed E-state index contributed by atoms with van der Waals surface area (Å²) in [5.74, 6) is 0.679. The van der Waals surface area contributed by atoms with Crippen molar-refractivity contribution < 1.29 is 18.1 Å². The molecule has 2 aromatic carbocycles. The van der Waals surface area contributed by atoms with Crippen molar-refractivity contribution in [3.8, 4) is 5.75 Å². The van der Waals surface area contributed by atoms with Crippen molar-refractivity contribution in [2.24, 2.45) is 5.14 Å². The van der Waals surface area contributed by atoms with E-state index in [4.69, 9.17) is 22.1 Å². The normalized spacial score (nSPS) is 10.7. The zero-order valence-electron chi connectivity index (χ0n) is 13.4. The Bertz CT molecular complexity index is 931. The number of benzene rings is 2. The zero-order valence-corrected chi connectivity index (χ0v) is 15.1. The maximum Gasteiger partial charge on any atom is 0.295 e. The van der Waals surface area contributed by atoms with Crippen LogP contribution >= 0.6 is 12.2 Å². The minimum absolute atomic E-state index is 0.0151. The number of thiocarbonyl (C=S) groups is 1. The van der Waals surface area contributed by atoms with Gasteiger partial charge in [-0.25, -0.2) is 13.6 Å². The molecule has 5 N–H and O–H groups in total. The van der Waals surface area contributed by atoms with Crippen LogP contribution in [0.3, 0.4) is 0 Å². The number of methoxy groups -OCH3 is 1. The number of primary sulfonamides is 1. The van der Waals surface area contributed by atoms with Gasteiger partial charge in [0.05, 0.1) is 16.9 Å². The highest BCUT2D eigenvalue weighted by atomic mass is 32.2. The van der Waals surface area contributed by atoms with Crippen LogP contribution in [0.15, 0.2) is 47.4 Å². The van der Waals surface area contributed by atoms with Gasteiger partial charge in [-0.3, -0.25) is 21.0 Å². The second-order valence-electron chi connectivity index (χ2n) is 4.91. The Kier molecular flexibility index (Phi) is 5.92. The third-order valence-corrected chi connectivity index (χ3v) is 4.27. The van der Waals surface area contributed by atoms with Gasteiger partial charge in [-0.2, -0.15) is 0 Å². The summed E-state index contributed by atoms with van der Waals surface area (Å²) in [5, 5.41) is 19.1. The number of nitrogens with two attached hydrogens (primary N) is 1. The van der Waals surface area contributed by atoms with Crippen molar-refractivity contribution in [1.82, 2.24) is 5.43 Å². The average molecular weight is 397 g/mol. The third-order valence-electron chi connectivity index (χ3n) is 3.15. The van der Waals surface area contributed by atoms with E-state index in [1.54, 1.807) is 31.4 Å². The third kappa shape index (κ3) is 5.02. The monoisotopic (exact) mass is 397 g/mol. The van der Waals surface area contributed by atoms with Crippen molar-refractivity contribution in [1.29, 1.82) is 0 Å². The first-order chi connectivity index (χ1) is 12.2. The average Bonchev–Trinajstić information content (AvgIpc) is 2.59. The summed E-state index contributed by atoms with van der Waals surface area (Å²) in [6, 6.07) is 10.1. The van der Waals surface area contributed by atoms with E-state index in [1.807, 2.05) is 0 Å². The van der Waals surface area contributed by atoms with Gasteiger partial charge < -0.3 is 10.1 Å². The van der Waals surface area contributed by atoms with Crippen LogP contribution < -0.4 is 26.0 Å². The van der Waals surface area contributed by atoms with Crippen molar-refractivity contribution in [2.75, 3.05) is 17.9 Å². The molecule has 26 heavy (non-hydrogen) atoms. The Morgan fingerprint density at radius 2 is 1.88 bits per heavy atom. The van der Waals surface area contributed by atoms with Gasteiger partial charge in [0.2, 0.25) is 10.0 Å². The number of nitrogens with zero attached hydrogens (tertiary/aromatic N) is 1. The summed E-state index contributed by atoms with van der Waals surface area (Å²) >= 11 is 5.09. The lowest BCUT2D eigenvalue weighted by Gasteiger charge is -2.13. The Balaban J connectivity index is 2.08. The molecular formula is C14H15N5O5S2. The summed E-state index contributed by atoms with van der Waals surface area (Å²) in [6.45, 7) is 0. The number of anilines is 2. The number of ether oxygens (including phenoxy) is 1. The van der Waals surface area contributed by atoms with Crippen LogP contribution in [-0.4, -0.2) is 25.6 Å². The number of sulfonamides is 1. The van der Waals surface area contributed by atoms with Crippen LogP contribution in [0.5, 0.6) is 5.75 Å². The summed E-state index contributed by atoms with van der Waals surface area (Å²) in [7, 11) is -2.51. The van der Waals surface area contributed by atoms with Gasteiger partial charge in [-0.05, 0) is 48.6 Å². The molecule has 0 unspecified atom stereocenters. The van der Waals surface area contributed by atoms with E-state index >= 15 is 0 Å². The van der Waals surface area contributed by atoms with Crippen LogP contribution in [0.25, 0.3) is 0 Å². The highest BCUT2D eigenvalue weighted by Crippen LogP contribution is 2.26. The van der Waals surface area contributed by atoms with Gasteiger partial charge in [0.15, 0.2) is 5.11 Å². The van der Waals surface area contributed by atoms with Gasteiger partial charge in [-0.15, -0.1) is 0 Å². The van der Waals surface area contributed by atoms with Gasteiger partial charge in [-0.1, -0.05) is 0 Å². The second kappa shape index (κ2) is 7.95. The maximum atomic E-state index is 11.3. The molecule has 0 aliphatic rings. The predicted octanol–water partition coefficient (Wildman–Crippen LogP) is 1.56. The van der Waals surface area contributed by atoms with Crippen LogP contribution in [-0.2, 0) is 10.0 Å². The summed E-state index contributed by atoms with van der Waals surface area (Å²) in [5.41, 5.74) is 5.35. The van der Waals surface area contributed by atoms with E-state index in [0.29, 0.717) is 11.4 Å². The fourth-order valence-corrected chi connectivity index (χ4v) is 2.61. The first-order valence-electron chi connectivity index (χ1n) is 6.99. The Morgan fingerprint density at radius 3 is 2.42 bits per heavy atom. The molecule has 0 radical (unpaired) electrons. The molecule has 0 bridgehead atoms. The molecule has 10 nitrogen and oxygen atoms in total. The standard InChI is InChI=1S/C14H15N5O5S2/c1-24-10-4-2-9(3-5-10)16-14(25)18-17-12-7-6-11(26(15,22)23)8-13(12)19(20)21/h2-8,17H,1H3,(H2,15,22,23)(H2,16,18,25). The van der Waals surface area contributed by atoms with Crippen molar-refractivity contribution >= 4 is 44.4 Å². The molecule has 0 saturated carbocycles. The molecule has 12 heteroatoms. The molecule has 0 fully saturated rings. The summed E-state index contributed by atoms with van der Waals surface area (Å²) in [6.07, 6.45) is 0. The van der Waals surface area contributed by atoms with Crippen molar-refractivity contribution in [3.05, 3.63) is 52.6 Å². The van der Waals surface area contributed by atoms with Crippen LogP contribution in [0.4, 0.5) is 17.1 Å². The Hall–Kier alpha value is -2.96. The van der Waals surface area contributed by atoms with E-state index in [0.717, 1.165) is 12.1 Å². The van der Waals surface area contributed by atoms with Gasteiger partial charge in [0.25, 0.3) is 5.69 Å². The van der Waals surface area contributed by atoms with Crippen molar-refractivity contribution in [2.45, 2.75) is 4.90 Å². The molecule has 0 amide bonds. The smallest absolute Gasteiger partial charge is 0.295 e. The lowest BCUT2D eigenvalue weighted by molar-refractivity contribution is -0.384. The van der Waals surface area contributed by atoms with Crippen LogP contribution in [0.2, 0.25) is 0 Å². The second-order valence-corrected chi connectivity index (χ2v) is 6.88. The predicted molar refractivity (Wildman–Crippen MR) is 100 cm³/mol. The lowest BCUT2D eigenvalue weighted by Crippen LogP contribution is -2.33. The zero-order chi connectivity index (χ0) is 19.3. The van der Waals surface area contributed by atoms with Gasteiger partial charge >= 0.3 is 0 Å². The van der Waals surface area contributed by atoms with Crippen molar-refractivity contribution in [3.63, 3.8) is 0 Å². The first-order valence-corrected chi connectivity index (χ1v) is 8.94. The molecule has 0 aromatic heterocycles.